The summed E-state index contributed by atoms with van der Waals surface area (Å²) in [6, 6.07) is 5.13. The summed E-state index contributed by atoms with van der Waals surface area (Å²) in [4.78, 5) is 23.6. The summed E-state index contributed by atoms with van der Waals surface area (Å²) in [6.07, 6.45) is -0.188. The van der Waals surface area contributed by atoms with Crippen LogP contribution in [0.3, 0.4) is 0 Å². The van der Waals surface area contributed by atoms with Gasteiger partial charge in [-0.25, -0.2) is 4.79 Å². The highest BCUT2D eigenvalue weighted by Gasteiger charge is 2.40. The molecule has 1 saturated heterocycles. The normalized spacial score (nSPS) is 23.0. The Kier molecular flexibility index (Phi) is 3.10. The van der Waals surface area contributed by atoms with Gasteiger partial charge in [-0.3, -0.25) is 9.69 Å². The van der Waals surface area contributed by atoms with Gasteiger partial charge in [-0.05, 0) is 30.5 Å². The molecule has 0 spiro atoms. The molecule has 0 saturated carbocycles. The summed E-state index contributed by atoms with van der Waals surface area (Å²) in [7, 11) is 0. The Balaban J connectivity index is 2.30. The van der Waals surface area contributed by atoms with Crippen molar-refractivity contribution in [3.63, 3.8) is 0 Å². The number of primary amides is 1. The Hall–Kier alpha value is -2.24. The van der Waals surface area contributed by atoms with Gasteiger partial charge in [0.05, 0.1) is 6.04 Å². The zero-order chi connectivity index (χ0) is 13.3. The van der Waals surface area contributed by atoms with Crippen LogP contribution in [0.5, 0.6) is 5.75 Å². The number of rotatable bonds is 2. The number of benzene rings is 1. The van der Waals surface area contributed by atoms with E-state index in [1.54, 1.807) is 12.1 Å². The fraction of sp³-hybridized carbons (Fsp3) is 0.333. The van der Waals surface area contributed by atoms with Gasteiger partial charge >= 0.3 is 6.09 Å². The van der Waals surface area contributed by atoms with Crippen molar-refractivity contribution in [1.82, 2.24) is 4.90 Å². The number of amides is 2. The van der Waals surface area contributed by atoms with Crippen molar-refractivity contribution in [2.45, 2.75) is 24.9 Å². The number of carbonyl (C=O) groups excluding carboxylic acids is 1. The molecule has 0 aromatic heterocycles. The molecule has 0 bridgehead atoms. The number of nitrogens with two attached hydrogens (primary N) is 1. The highest BCUT2D eigenvalue weighted by molar-refractivity contribution is 5.84. The molecular formula is C12H14N2O4. The van der Waals surface area contributed by atoms with Crippen LogP contribution in [-0.2, 0) is 4.79 Å². The van der Waals surface area contributed by atoms with Crippen molar-refractivity contribution < 1.29 is 19.8 Å². The molecule has 1 fully saturated rings. The number of hydrogen-bond acceptors (Lipinski definition) is 3. The van der Waals surface area contributed by atoms with Gasteiger partial charge in [-0.1, -0.05) is 12.1 Å². The molecule has 1 aliphatic rings. The van der Waals surface area contributed by atoms with Crippen molar-refractivity contribution in [3.05, 3.63) is 29.8 Å². The van der Waals surface area contributed by atoms with Crippen molar-refractivity contribution in [1.29, 1.82) is 0 Å². The third-order valence-electron chi connectivity index (χ3n) is 3.21. The Labute approximate surface area is 104 Å². The zero-order valence-corrected chi connectivity index (χ0v) is 9.61. The molecule has 0 unspecified atom stereocenters. The lowest BCUT2D eigenvalue weighted by molar-refractivity contribution is -0.122. The summed E-state index contributed by atoms with van der Waals surface area (Å²) >= 11 is 0. The molecule has 1 aromatic rings. The third kappa shape index (κ3) is 2.09. The number of phenolic OH excluding ortho intramolecular Hbond substituents is 1. The number of carbonyl (C=O) groups is 2. The van der Waals surface area contributed by atoms with Crippen LogP contribution < -0.4 is 5.73 Å². The zero-order valence-electron chi connectivity index (χ0n) is 9.61. The number of nitrogens with zero attached hydrogens (tertiary/aromatic N) is 1. The van der Waals surface area contributed by atoms with Crippen LogP contribution in [0.2, 0.25) is 0 Å². The number of aromatic hydroxyl groups is 1. The first kappa shape index (κ1) is 12.2. The number of hydrogen-bond donors (Lipinski definition) is 3. The Morgan fingerprint density at radius 3 is 2.33 bits per heavy atom. The standard InChI is InChI=1S/C12H14N2O4/c13-11(16)10-6-5-9(14(10)12(17)18)7-1-3-8(15)4-2-7/h1-4,9-10,15H,5-6H2,(H2,13,16)(H,17,18)/t9-,10+/m1/s1. The molecule has 0 aliphatic carbocycles. The van der Waals surface area contributed by atoms with Crippen LogP contribution in [0.4, 0.5) is 4.79 Å². The van der Waals surface area contributed by atoms with Crippen LogP contribution in [0.15, 0.2) is 24.3 Å². The first-order valence-electron chi connectivity index (χ1n) is 5.60. The quantitative estimate of drug-likeness (QED) is 0.730. The van der Waals surface area contributed by atoms with Crippen LogP contribution >= 0.6 is 0 Å². The van der Waals surface area contributed by atoms with Gasteiger partial charge in [-0.2, -0.15) is 0 Å². The second kappa shape index (κ2) is 4.56. The minimum absolute atomic E-state index is 0.116. The highest BCUT2D eigenvalue weighted by Crippen LogP contribution is 2.36. The lowest BCUT2D eigenvalue weighted by atomic mass is 10.0. The highest BCUT2D eigenvalue weighted by atomic mass is 16.4. The van der Waals surface area contributed by atoms with E-state index in [0.29, 0.717) is 12.8 Å². The minimum Gasteiger partial charge on any atom is -0.508 e. The van der Waals surface area contributed by atoms with Crippen LogP contribution in [0, 0.1) is 0 Å². The van der Waals surface area contributed by atoms with E-state index >= 15 is 0 Å². The topological polar surface area (TPSA) is 104 Å². The second-order valence-electron chi connectivity index (χ2n) is 4.29. The molecule has 1 aliphatic heterocycles. The van der Waals surface area contributed by atoms with E-state index in [0.717, 1.165) is 10.5 Å². The van der Waals surface area contributed by atoms with Crippen molar-refractivity contribution in [3.8, 4) is 5.75 Å². The predicted molar refractivity (Wildman–Crippen MR) is 62.9 cm³/mol. The first-order valence-corrected chi connectivity index (χ1v) is 5.60. The van der Waals surface area contributed by atoms with E-state index in [9.17, 15) is 19.8 Å². The Morgan fingerprint density at radius 2 is 1.83 bits per heavy atom. The lowest BCUT2D eigenvalue weighted by Crippen LogP contribution is -2.44. The van der Waals surface area contributed by atoms with Gasteiger partial charge in [-0.15, -0.1) is 0 Å². The molecule has 18 heavy (non-hydrogen) atoms. The van der Waals surface area contributed by atoms with E-state index in [1.807, 2.05) is 0 Å². The van der Waals surface area contributed by atoms with Crippen LogP contribution in [0.1, 0.15) is 24.4 Å². The summed E-state index contributed by atoms with van der Waals surface area (Å²) in [6.45, 7) is 0. The van der Waals surface area contributed by atoms with Gasteiger partial charge in [0.15, 0.2) is 0 Å². The first-order chi connectivity index (χ1) is 8.50. The Bertz CT molecular complexity index is 471. The van der Waals surface area contributed by atoms with Crippen LogP contribution in [0.25, 0.3) is 0 Å². The molecule has 2 rings (SSSR count). The molecule has 0 radical (unpaired) electrons. The van der Waals surface area contributed by atoms with Gasteiger partial charge < -0.3 is 15.9 Å². The molecule has 4 N–H and O–H groups in total. The van der Waals surface area contributed by atoms with Crippen molar-refractivity contribution in [2.75, 3.05) is 0 Å². The molecule has 2 amide bonds. The average Bonchev–Trinajstić information content (AvgIpc) is 2.74. The predicted octanol–water partition coefficient (Wildman–Crippen LogP) is 1.06. The minimum atomic E-state index is -1.16. The van der Waals surface area contributed by atoms with Gasteiger partial charge in [0.2, 0.25) is 5.91 Å². The SMILES string of the molecule is NC(=O)[C@@H]1CC[C@H](c2ccc(O)cc2)N1C(=O)O. The monoisotopic (exact) mass is 250 g/mol. The molecule has 6 heteroatoms. The van der Waals surface area contributed by atoms with Gasteiger partial charge in [0.1, 0.15) is 11.8 Å². The maximum Gasteiger partial charge on any atom is 0.408 e. The smallest absolute Gasteiger partial charge is 0.408 e. The third-order valence-corrected chi connectivity index (χ3v) is 3.21. The van der Waals surface area contributed by atoms with Crippen LogP contribution in [-0.4, -0.2) is 33.2 Å². The van der Waals surface area contributed by atoms with Crippen molar-refractivity contribution >= 4 is 12.0 Å². The Morgan fingerprint density at radius 1 is 1.22 bits per heavy atom. The molecule has 6 nitrogen and oxygen atoms in total. The summed E-state index contributed by atoms with van der Waals surface area (Å²) in [5.74, 6) is -0.510. The van der Waals surface area contributed by atoms with E-state index < -0.39 is 18.0 Å². The summed E-state index contributed by atoms with van der Waals surface area (Å²) in [5, 5.41) is 18.4. The van der Waals surface area contributed by atoms with E-state index in [-0.39, 0.29) is 11.8 Å². The summed E-state index contributed by atoms with van der Waals surface area (Å²) < 4.78 is 0. The largest absolute Gasteiger partial charge is 0.508 e. The average molecular weight is 250 g/mol. The van der Waals surface area contributed by atoms with Gasteiger partial charge in [0, 0.05) is 0 Å². The number of likely N-dealkylation sites (tertiary alicyclic amines) is 1. The lowest BCUT2D eigenvalue weighted by Gasteiger charge is -2.26. The van der Waals surface area contributed by atoms with E-state index in [2.05, 4.69) is 0 Å². The summed E-state index contributed by atoms with van der Waals surface area (Å²) in [5.41, 5.74) is 5.96. The number of carboxylic acid groups (broad SMARTS) is 1. The molecule has 96 valence electrons. The van der Waals surface area contributed by atoms with Crippen molar-refractivity contribution in [2.24, 2.45) is 5.73 Å². The van der Waals surface area contributed by atoms with Gasteiger partial charge in [0.25, 0.3) is 0 Å². The maximum atomic E-state index is 11.2. The molecule has 1 aromatic carbocycles. The maximum absolute atomic E-state index is 11.2. The number of phenols is 1. The second-order valence-corrected chi connectivity index (χ2v) is 4.29. The van der Waals surface area contributed by atoms with E-state index in [4.69, 9.17) is 5.73 Å². The molecular weight excluding hydrogens is 236 g/mol. The fourth-order valence-corrected chi connectivity index (χ4v) is 2.38. The van der Waals surface area contributed by atoms with E-state index in [1.165, 1.54) is 12.1 Å². The molecule has 1 heterocycles. The molecule has 2 atom stereocenters. The fourth-order valence-electron chi connectivity index (χ4n) is 2.38.